The zero-order valence-corrected chi connectivity index (χ0v) is 17.8. The lowest BCUT2D eigenvalue weighted by Gasteiger charge is -2.29. The second-order valence-corrected chi connectivity index (χ2v) is 8.12. The van der Waals surface area contributed by atoms with E-state index in [4.69, 9.17) is 11.6 Å². The highest BCUT2D eigenvalue weighted by atomic mass is 35.5. The van der Waals surface area contributed by atoms with Crippen LogP contribution in [0, 0.1) is 11.6 Å². The molecule has 1 saturated heterocycles. The zero-order valence-electron chi connectivity index (χ0n) is 17.0. The predicted octanol–water partition coefficient (Wildman–Crippen LogP) is 5.25. The van der Waals surface area contributed by atoms with Crippen LogP contribution >= 0.6 is 11.6 Å². The fourth-order valence-electron chi connectivity index (χ4n) is 4.38. The minimum absolute atomic E-state index is 0.430. The second-order valence-electron chi connectivity index (χ2n) is 7.72. The number of hydrogen-bond acceptors (Lipinski definition) is 3. The Balaban J connectivity index is 1.71. The van der Waals surface area contributed by atoms with Crippen LogP contribution < -0.4 is 10.2 Å². The van der Waals surface area contributed by atoms with E-state index in [-0.39, 0.29) is 0 Å². The number of nitrogens with zero attached hydrogens (tertiary/aromatic N) is 3. The van der Waals surface area contributed by atoms with Crippen LogP contribution in [-0.2, 0) is 7.05 Å². The van der Waals surface area contributed by atoms with Gasteiger partial charge < -0.3 is 14.8 Å². The van der Waals surface area contributed by atoms with Crippen LogP contribution in [0.4, 0.5) is 14.5 Å². The molecule has 0 radical (unpaired) electrons. The monoisotopic (exact) mass is 438 g/mol. The van der Waals surface area contributed by atoms with E-state index in [9.17, 15) is 8.78 Å². The Bertz CT molecular complexity index is 1240. The molecule has 158 valence electrons. The molecule has 0 amide bonds. The average Bonchev–Trinajstić information content (AvgIpc) is 3.08. The summed E-state index contributed by atoms with van der Waals surface area (Å²) in [5.74, 6) is -1.26. The number of rotatable bonds is 3. The molecule has 0 atom stereocenters. The first-order chi connectivity index (χ1) is 15.0. The molecule has 0 unspecified atom stereocenters. The number of aromatic nitrogens is 2. The molecular weight excluding hydrogens is 418 g/mol. The van der Waals surface area contributed by atoms with Crippen molar-refractivity contribution in [2.24, 2.45) is 7.05 Å². The molecular formula is C24H21ClF2N4. The predicted molar refractivity (Wildman–Crippen MR) is 122 cm³/mol. The Morgan fingerprint density at radius 3 is 2.29 bits per heavy atom. The van der Waals surface area contributed by atoms with E-state index in [2.05, 4.69) is 27.3 Å². The molecule has 0 bridgehead atoms. The molecule has 0 aliphatic carbocycles. The van der Waals surface area contributed by atoms with E-state index in [0.717, 1.165) is 49.2 Å². The fourth-order valence-corrected chi connectivity index (χ4v) is 4.61. The summed E-state index contributed by atoms with van der Waals surface area (Å²) in [6.07, 6.45) is 1.64. The number of halogens is 3. The van der Waals surface area contributed by atoms with Gasteiger partial charge >= 0.3 is 0 Å². The van der Waals surface area contributed by atoms with E-state index < -0.39 is 11.6 Å². The number of anilines is 1. The smallest absolute Gasteiger partial charge is 0.142 e. The highest BCUT2D eigenvalue weighted by molar-refractivity contribution is 6.37. The largest absolute Gasteiger partial charge is 0.369 e. The number of benzene rings is 2. The third-order valence-electron chi connectivity index (χ3n) is 5.79. The summed E-state index contributed by atoms with van der Waals surface area (Å²) < 4.78 is 30.1. The van der Waals surface area contributed by atoms with Gasteiger partial charge in [0, 0.05) is 62.1 Å². The first-order valence-electron chi connectivity index (χ1n) is 10.2. The first kappa shape index (κ1) is 20.0. The number of fused-ring (bicyclic) bond motifs is 1. The summed E-state index contributed by atoms with van der Waals surface area (Å²) in [6, 6.07) is 13.5. The standard InChI is InChI=1S/C24H21ClF2N4/c1-30-23(15-2-4-19(5-3-15)31-10-8-28-9-11-31)21(16-12-17(26)14-18(27)13-16)22-20(25)6-7-29-24(22)30/h2-7,12-14,28H,8-11H2,1H3. The first-order valence-corrected chi connectivity index (χ1v) is 10.6. The maximum atomic E-state index is 14.1. The van der Waals surface area contributed by atoms with Gasteiger partial charge in [0.15, 0.2) is 0 Å². The van der Waals surface area contributed by atoms with Crippen LogP contribution in [0.15, 0.2) is 54.7 Å². The van der Waals surface area contributed by atoms with Gasteiger partial charge in [0.05, 0.1) is 10.7 Å². The number of piperazine rings is 1. The van der Waals surface area contributed by atoms with Crippen molar-refractivity contribution in [2.75, 3.05) is 31.1 Å². The van der Waals surface area contributed by atoms with Gasteiger partial charge in [0.2, 0.25) is 0 Å². The molecule has 7 heteroatoms. The molecule has 5 rings (SSSR count). The lowest BCUT2D eigenvalue weighted by molar-refractivity contribution is 0.584. The lowest BCUT2D eigenvalue weighted by atomic mass is 9.98. The van der Waals surface area contributed by atoms with Crippen molar-refractivity contribution in [1.82, 2.24) is 14.9 Å². The molecule has 1 aliphatic rings. The highest BCUT2D eigenvalue weighted by Crippen LogP contribution is 2.43. The Hall–Kier alpha value is -2.96. The molecule has 1 N–H and O–H groups in total. The van der Waals surface area contributed by atoms with Crippen LogP contribution in [0.25, 0.3) is 33.4 Å². The summed E-state index contributed by atoms with van der Waals surface area (Å²) >= 11 is 6.54. The quantitative estimate of drug-likeness (QED) is 0.474. The van der Waals surface area contributed by atoms with Crippen molar-refractivity contribution in [3.8, 4) is 22.4 Å². The minimum Gasteiger partial charge on any atom is -0.369 e. The highest BCUT2D eigenvalue weighted by Gasteiger charge is 2.22. The van der Waals surface area contributed by atoms with Gasteiger partial charge in [-0.1, -0.05) is 23.7 Å². The Morgan fingerprint density at radius 1 is 0.935 bits per heavy atom. The van der Waals surface area contributed by atoms with Crippen molar-refractivity contribution in [3.63, 3.8) is 0 Å². The molecule has 0 saturated carbocycles. The van der Waals surface area contributed by atoms with Gasteiger partial charge in [-0.3, -0.25) is 0 Å². The summed E-state index contributed by atoms with van der Waals surface area (Å²) in [5.41, 5.74) is 4.65. The van der Waals surface area contributed by atoms with Crippen molar-refractivity contribution in [1.29, 1.82) is 0 Å². The van der Waals surface area contributed by atoms with Crippen molar-refractivity contribution < 1.29 is 8.78 Å². The normalized spacial score (nSPS) is 14.4. The van der Waals surface area contributed by atoms with Gasteiger partial charge in [-0.25, -0.2) is 13.8 Å². The maximum absolute atomic E-state index is 14.1. The molecule has 3 heterocycles. The summed E-state index contributed by atoms with van der Waals surface area (Å²) in [6.45, 7) is 3.84. The molecule has 4 aromatic rings. The van der Waals surface area contributed by atoms with Gasteiger partial charge in [0.1, 0.15) is 17.3 Å². The van der Waals surface area contributed by atoms with Crippen molar-refractivity contribution in [3.05, 3.63) is 71.4 Å². The van der Waals surface area contributed by atoms with Gasteiger partial charge in [-0.15, -0.1) is 0 Å². The number of nitrogens with one attached hydrogen (secondary N) is 1. The second kappa shape index (κ2) is 7.94. The van der Waals surface area contributed by atoms with Crippen LogP contribution in [0.3, 0.4) is 0 Å². The summed E-state index contributed by atoms with van der Waals surface area (Å²) in [5, 5.41) is 4.53. The third kappa shape index (κ3) is 3.56. The SMILES string of the molecule is Cn1c(-c2ccc(N3CCNCC3)cc2)c(-c2cc(F)cc(F)c2)c2c(Cl)ccnc21. The van der Waals surface area contributed by atoms with Crippen LogP contribution in [0.1, 0.15) is 0 Å². The van der Waals surface area contributed by atoms with Gasteiger partial charge in [-0.05, 0) is 41.5 Å². The van der Waals surface area contributed by atoms with E-state index >= 15 is 0 Å². The van der Waals surface area contributed by atoms with Gasteiger partial charge in [0.25, 0.3) is 0 Å². The van der Waals surface area contributed by atoms with Crippen LogP contribution in [0.2, 0.25) is 5.02 Å². The molecule has 2 aromatic heterocycles. The number of aryl methyl sites for hydroxylation is 1. The minimum atomic E-state index is -0.632. The topological polar surface area (TPSA) is 33.1 Å². The zero-order chi connectivity index (χ0) is 21.5. The molecule has 4 nitrogen and oxygen atoms in total. The van der Waals surface area contributed by atoms with Gasteiger partial charge in [-0.2, -0.15) is 0 Å². The van der Waals surface area contributed by atoms with E-state index in [0.29, 0.717) is 27.2 Å². The molecule has 2 aromatic carbocycles. The van der Waals surface area contributed by atoms with E-state index in [1.807, 2.05) is 23.7 Å². The van der Waals surface area contributed by atoms with E-state index in [1.165, 1.54) is 12.1 Å². The number of pyridine rings is 1. The average molecular weight is 439 g/mol. The molecule has 1 aliphatic heterocycles. The van der Waals surface area contributed by atoms with E-state index in [1.54, 1.807) is 12.3 Å². The summed E-state index contributed by atoms with van der Waals surface area (Å²) in [7, 11) is 1.89. The lowest BCUT2D eigenvalue weighted by Crippen LogP contribution is -2.43. The number of hydrogen-bond donors (Lipinski definition) is 1. The molecule has 1 fully saturated rings. The van der Waals surface area contributed by atoms with Crippen molar-refractivity contribution >= 4 is 28.3 Å². The Kier molecular flexibility index (Phi) is 5.12. The third-order valence-corrected chi connectivity index (χ3v) is 6.11. The maximum Gasteiger partial charge on any atom is 0.142 e. The summed E-state index contributed by atoms with van der Waals surface area (Å²) in [4.78, 5) is 6.82. The molecule has 31 heavy (non-hydrogen) atoms. The Labute approximate surface area is 184 Å². The van der Waals surface area contributed by atoms with Crippen LogP contribution in [-0.4, -0.2) is 35.7 Å². The Morgan fingerprint density at radius 2 is 1.61 bits per heavy atom. The molecule has 0 spiro atoms. The van der Waals surface area contributed by atoms with Crippen LogP contribution in [0.5, 0.6) is 0 Å². The fraction of sp³-hybridized carbons (Fsp3) is 0.208. The van der Waals surface area contributed by atoms with Crippen molar-refractivity contribution in [2.45, 2.75) is 0 Å².